The van der Waals surface area contributed by atoms with Gasteiger partial charge in [0.15, 0.2) is 5.78 Å². The minimum Gasteiger partial charge on any atom is -0.496 e. The molecule has 0 aliphatic rings. The van der Waals surface area contributed by atoms with Gasteiger partial charge in [0.2, 0.25) is 0 Å². The molecule has 0 saturated heterocycles. The van der Waals surface area contributed by atoms with E-state index in [0.717, 1.165) is 22.4 Å². The Morgan fingerprint density at radius 3 is 1.88 bits per heavy atom. The van der Waals surface area contributed by atoms with Gasteiger partial charge in [0.05, 0.1) is 12.7 Å². The summed E-state index contributed by atoms with van der Waals surface area (Å²) in [6.07, 6.45) is 0. The largest absolute Gasteiger partial charge is 0.496 e. The van der Waals surface area contributed by atoms with Crippen molar-refractivity contribution < 1.29 is 9.53 Å². The second-order valence-corrected chi connectivity index (χ2v) is 5.02. The van der Waals surface area contributed by atoms with E-state index < -0.39 is 0 Å². The highest BCUT2D eigenvalue weighted by atomic mass is 16.5. The molecule has 0 radical (unpaired) electrons. The fraction of sp³-hybridized carbons (Fsp3) is 0.533. The van der Waals surface area contributed by atoms with Crippen LogP contribution in [0, 0.1) is 0 Å². The molecular formula is C15H22O2. The predicted octanol–water partition coefficient (Wildman–Crippen LogP) is 4.14. The Bertz CT molecular complexity index is 417. The zero-order chi connectivity index (χ0) is 13.2. The molecule has 0 fully saturated rings. The molecule has 94 valence electrons. The maximum Gasteiger partial charge on any atom is 0.163 e. The van der Waals surface area contributed by atoms with Crippen LogP contribution in [0.4, 0.5) is 0 Å². The van der Waals surface area contributed by atoms with Crippen LogP contribution in [-0.4, -0.2) is 12.9 Å². The van der Waals surface area contributed by atoms with E-state index in [0.29, 0.717) is 11.8 Å². The lowest BCUT2D eigenvalue weighted by Gasteiger charge is -2.19. The molecule has 0 atom stereocenters. The van der Waals surface area contributed by atoms with Crippen molar-refractivity contribution in [2.24, 2.45) is 0 Å². The molecule has 0 N–H and O–H groups in total. The van der Waals surface area contributed by atoms with E-state index in [1.807, 2.05) is 0 Å². The average Bonchev–Trinajstić information content (AvgIpc) is 2.26. The third-order valence-electron chi connectivity index (χ3n) is 3.02. The lowest BCUT2D eigenvalue weighted by molar-refractivity contribution is 0.101. The van der Waals surface area contributed by atoms with Gasteiger partial charge in [-0.1, -0.05) is 39.8 Å². The maximum atomic E-state index is 11.8. The van der Waals surface area contributed by atoms with Gasteiger partial charge in [0, 0.05) is 0 Å². The molecular weight excluding hydrogens is 212 g/mol. The molecule has 1 aromatic carbocycles. The molecule has 0 aliphatic carbocycles. The summed E-state index contributed by atoms with van der Waals surface area (Å²) in [7, 11) is 1.64. The summed E-state index contributed by atoms with van der Waals surface area (Å²) >= 11 is 0. The summed E-state index contributed by atoms with van der Waals surface area (Å²) in [6.45, 7) is 10.0. The topological polar surface area (TPSA) is 26.3 Å². The molecule has 17 heavy (non-hydrogen) atoms. The summed E-state index contributed by atoms with van der Waals surface area (Å²) in [5.74, 6) is 1.50. The Balaban J connectivity index is 3.55. The fourth-order valence-electron chi connectivity index (χ4n) is 2.13. The van der Waals surface area contributed by atoms with E-state index in [9.17, 15) is 4.79 Å². The second-order valence-electron chi connectivity index (χ2n) is 5.02. The van der Waals surface area contributed by atoms with Gasteiger partial charge >= 0.3 is 0 Å². The molecule has 0 aliphatic heterocycles. The number of carbonyl (C=O) groups is 1. The Hall–Kier alpha value is -1.31. The van der Waals surface area contributed by atoms with Crippen LogP contribution in [0.25, 0.3) is 0 Å². The number of methoxy groups -OCH3 is 1. The number of benzene rings is 1. The van der Waals surface area contributed by atoms with Crippen molar-refractivity contribution in [3.05, 3.63) is 28.8 Å². The number of rotatable bonds is 4. The summed E-state index contributed by atoms with van der Waals surface area (Å²) in [6, 6.07) is 4.13. The first kappa shape index (κ1) is 13.8. The van der Waals surface area contributed by atoms with E-state index in [4.69, 9.17) is 4.74 Å². The lowest BCUT2D eigenvalue weighted by atomic mass is 9.89. The van der Waals surface area contributed by atoms with E-state index in [1.165, 1.54) is 0 Å². The summed E-state index contributed by atoms with van der Waals surface area (Å²) in [4.78, 5) is 11.8. The molecule has 0 aromatic heterocycles. The van der Waals surface area contributed by atoms with Gasteiger partial charge in [-0.2, -0.15) is 0 Å². The highest BCUT2D eigenvalue weighted by molar-refractivity contribution is 5.99. The second kappa shape index (κ2) is 5.35. The zero-order valence-electron chi connectivity index (χ0n) is 11.6. The molecule has 1 rings (SSSR count). The van der Waals surface area contributed by atoms with Crippen LogP contribution >= 0.6 is 0 Å². The van der Waals surface area contributed by atoms with Crippen LogP contribution in [0.15, 0.2) is 12.1 Å². The van der Waals surface area contributed by atoms with Crippen molar-refractivity contribution in [3.8, 4) is 5.75 Å². The van der Waals surface area contributed by atoms with Crippen LogP contribution < -0.4 is 4.74 Å². The highest BCUT2D eigenvalue weighted by Crippen LogP contribution is 2.35. The monoisotopic (exact) mass is 234 g/mol. The standard InChI is InChI=1S/C15H22O2/c1-9(2)12-7-8-13(10(3)4)15(17-6)14(12)11(5)16/h7-10H,1-6H3. The van der Waals surface area contributed by atoms with Gasteiger partial charge in [0.25, 0.3) is 0 Å². The van der Waals surface area contributed by atoms with E-state index in [1.54, 1.807) is 14.0 Å². The molecule has 1 aromatic rings. The van der Waals surface area contributed by atoms with Crippen LogP contribution in [-0.2, 0) is 0 Å². The first-order valence-electron chi connectivity index (χ1n) is 6.11. The zero-order valence-corrected chi connectivity index (χ0v) is 11.6. The minimum absolute atomic E-state index is 0.0769. The van der Waals surface area contributed by atoms with E-state index in [2.05, 4.69) is 39.8 Å². The molecule has 0 spiro atoms. The number of hydrogen-bond acceptors (Lipinski definition) is 2. The molecule has 0 heterocycles. The third kappa shape index (κ3) is 2.68. The highest BCUT2D eigenvalue weighted by Gasteiger charge is 2.20. The number of Topliss-reactive ketones (excluding diaryl/α,β-unsaturated/α-hetero) is 1. The van der Waals surface area contributed by atoms with Gasteiger partial charge in [-0.05, 0) is 29.9 Å². The van der Waals surface area contributed by atoms with Crippen LogP contribution in [0.2, 0.25) is 0 Å². The summed E-state index contributed by atoms with van der Waals surface area (Å²) < 4.78 is 5.47. The Labute approximate surface area is 104 Å². The summed E-state index contributed by atoms with van der Waals surface area (Å²) in [5.41, 5.74) is 2.91. The van der Waals surface area contributed by atoms with Crippen molar-refractivity contribution >= 4 is 5.78 Å². The van der Waals surface area contributed by atoms with Gasteiger partial charge in [-0.25, -0.2) is 0 Å². The van der Waals surface area contributed by atoms with E-state index >= 15 is 0 Å². The Morgan fingerprint density at radius 1 is 1.06 bits per heavy atom. The predicted molar refractivity (Wildman–Crippen MR) is 71.2 cm³/mol. The number of carbonyl (C=O) groups excluding carboxylic acids is 1. The van der Waals surface area contributed by atoms with Gasteiger partial charge in [-0.15, -0.1) is 0 Å². The quantitative estimate of drug-likeness (QED) is 0.732. The van der Waals surface area contributed by atoms with Crippen molar-refractivity contribution in [1.82, 2.24) is 0 Å². The number of ketones is 1. The fourth-order valence-corrected chi connectivity index (χ4v) is 2.13. The van der Waals surface area contributed by atoms with Gasteiger partial charge < -0.3 is 4.74 Å². The molecule has 2 heteroatoms. The van der Waals surface area contributed by atoms with Crippen LogP contribution in [0.3, 0.4) is 0 Å². The first-order valence-corrected chi connectivity index (χ1v) is 6.11. The smallest absolute Gasteiger partial charge is 0.163 e. The van der Waals surface area contributed by atoms with E-state index in [-0.39, 0.29) is 5.78 Å². The SMILES string of the molecule is COc1c(C(C)C)ccc(C(C)C)c1C(C)=O. The Morgan fingerprint density at radius 2 is 1.53 bits per heavy atom. The molecule has 0 saturated carbocycles. The normalized spacial score (nSPS) is 11.1. The van der Waals surface area contributed by atoms with Crippen molar-refractivity contribution in [2.75, 3.05) is 7.11 Å². The van der Waals surface area contributed by atoms with Crippen LogP contribution in [0.1, 0.15) is 67.9 Å². The van der Waals surface area contributed by atoms with Crippen molar-refractivity contribution in [2.45, 2.75) is 46.5 Å². The van der Waals surface area contributed by atoms with Crippen molar-refractivity contribution in [3.63, 3.8) is 0 Å². The lowest BCUT2D eigenvalue weighted by Crippen LogP contribution is -2.08. The minimum atomic E-state index is 0.0769. The van der Waals surface area contributed by atoms with Crippen LogP contribution in [0.5, 0.6) is 5.75 Å². The average molecular weight is 234 g/mol. The van der Waals surface area contributed by atoms with Gasteiger partial charge in [0.1, 0.15) is 5.75 Å². The maximum absolute atomic E-state index is 11.8. The third-order valence-corrected chi connectivity index (χ3v) is 3.02. The summed E-state index contributed by atoms with van der Waals surface area (Å²) in [5, 5.41) is 0. The number of hydrogen-bond donors (Lipinski definition) is 0. The molecule has 0 unspecified atom stereocenters. The molecule has 0 amide bonds. The Kier molecular flexibility index (Phi) is 4.33. The van der Waals surface area contributed by atoms with Crippen molar-refractivity contribution in [1.29, 1.82) is 0 Å². The number of ether oxygens (including phenoxy) is 1. The van der Waals surface area contributed by atoms with Gasteiger partial charge in [-0.3, -0.25) is 4.79 Å². The molecule has 0 bridgehead atoms. The first-order chi connectivity index (χ1) is 7.90. The molecule has 2 nitrogen and oxygen atoms in total.